The molecule has 5 nitrogen and oxygen atoms in total. The Morgan fingerprint density at radius 2 is 2.00 bits per heavy atom. The molecule has 1 fully saturated rings. The van der Waals surface area contributed by atoms with Gasteiger partial charge in [0.2, 0.25) is 0 Å². The number of benzene rings is 2. The Kier molecular flexibility index (Phi) is 7.46. The Morgan fingerprint density at radius 1 is 1.23 bits per heavy atom. The largest absolute Gasteiger partial charge is 0.493 e. The fraction of sp³-hybridized carbons (Fsp3) is 0.292. The van der Waals surface area contributed by atoms with Crippen LogP contribution < -0.4 is 20.1 Å². The molecular formula is C24H28N2O3S. The molecule has 0 aliphatic carbocycles. The Morgan fingerprint density at radius 3 is 2.63 bits per heavy atom. The Bertz CT molecular complexity index is 938. The van der Waals surface area contributed by atoms with Gasteiger partial charge in [-0.05, 0) is 61.2 Å². The summed E-state index contributed by atoms with van der Waals surface area (Å²) in [4.78, 5) is 13.2. The highest BCUT2D eigenvalue weighted by Crippen LogP contribution is 2.36. The summed E-state index contributed by atoms with van der Waals surface area (Å²) in [7, 11) is 1.63. The summed E-state index contributed by atoms with van der Waals surface area (Å²) < 4.78 is 11.3. The number of amides is 1. The topological polar surface area (TPSA) is 59.6 Å². The van der Waals surface area contributed by atoms with E-state index in [0.717, 1.165) is 23.2 Å². The van der Waals surface area contributed by atoms with E-state index in [1.807, 2.05) is 43.3 Å². The molecule has 1 atom stereocenters. The zero-order valence-electron chi connectivity index (χ0n) is 17.7. The van der Waals surface area contributed by atoms with E-state index in [9.17, 15) is 4.79 Å². The number of carbonyl (C=O) groups is 1. The van der Waals surface area contributed by atoms with Crippen molar-refractivity contribution >= 4 is 29.4 Å². The van der Waals surface area contributed by atoms with Crippen molar-refractivity contribution in [3.8, 4) is 11.5 Å². The van der Waals surface area contributed by atoms with Gasteiger partial charge in [0.05, 0.1) is 18.6 Å². The van der Waals surface area contributed by atoms with E-state index < -0.39 is 0 Å². The fourth-order valence-corrected chi connectivity index (χ4v) is 4.26. The minimum absolute atomic E-state index is 0.0956. The summed E-state index contributed by atoms with van der Waals surface area (Å²) in [6, 6.07) is 12.2. The minimum Gasteiger partial charge on any atom is -0.493 e. The number of aryl methyl sites for hydroxylation is 1. The molecule has 6 heteroatoms. The van der Waals surface area contributed by atoms with Gasteiger partial charge in [0.25, 0.3) is 5.91 Å². The molecular weight excluding hydrogens is 396 g/mol. The zero-order valence-corrected chi connectivity index (χ0v) is 18.5. The molecule has 2 N–H and O–H groups in total. The second-order valence-electron chi connectivity index (χ2n) is 6.81. The number of methoxy groups -OCH3 is 1. The third-order valence-electron chi connectivity index (χ3n) is 4.71. The number of rotatable bonds is 9. The fourth-order valence-electron chi connectivity index (χ4n) is 3.27. The predicted molar refractivity (Wildman–Crippen MR) is 125 cm³/mol. The molecule has 158 valence electrons. The molecule has 30 heavy (non-hydrogen) atoms. The molecule has 0 radical (unpaired) electrons. The number of nitrogens with one attached hydrogen (secondary N) is 2. The summed E-state index contributed by atoms with van der Waals surface area (Å²) in [5, 5.41) is 6.33. The molecule has 0 spiro atoms. The first-order valence-corrected chi connectivity index (χ1v) is 10.9. The van der Waals surface area contributed by atoms with Gasteiger partial charge in [0.15, 0.2) is 17.0 Å². The first-order chi connectivity index (χ1) is 14.6. The molecule has 2 aromatic rings. The van der Waals surface area contributed by atoms with Crippen molar-refractivity contribution in [1.29, 1.82) is 0 Å². The van der Waals surface area contributed by atoms with Crippen molar-refractivity contribution in [1.82, 2.24) is 5.32 Å². The molecule has 0 unspecified atom stereocenters. The maximum absolute atomic E-state index is 12.5. The SMILES string of the molecule is C=CCc1cc(/C=C2\S[C@@H](Nc3ccc(CC)cc3)NC2=O)cc(OCC)c1OC. The van der Waals surface area contributed by atoms with Crippen LogP contribution in [0.15, 0.2) is 54.0 Å². The highest BCUT2D eigenvalue weighted by molar-refractivity contribution is 8.05. The average Bonchev–Trinajstić information content (AvgIpc) is 3.07. The van der Waals surface area contributed by atoms with Crippen LogP contribution >= 0.6 is 11.8 Å². The van der Waals surface area contributed by atoms with Gasteiger partial charge >= 0.3 is 0 Å². The molecule has 0 aromatic heterocycles. The van der Waals surface area contributed by atoms with Gasteiger partial charge in [-0.3, -0.25) is 4.79 Å². The van der Waals surface area contributed by atoms with Crippen LogP contribution in [0.2, 0.25) is 0 Å². The van der Waals surface area contributed by atoms with Crippen molar-refractivity contribution in [2.24, 2.45) is 0 Å². The first kappa shape index (κ1) is 21.8. The van der Waals surface area contributed by atoms with E-state index in [1.165, 1.54) is 17.3 Å². The maximum atomic E-state index is 12.5. The van der Waals surface area contributed by atoms with Gasteiger partial charge in [-0.2, -0.15) is 0 Å². The van der Waals surface area contributed by atoms with E-state index in [0.29, 0.717) is 29.4 Å². The Labute approximate surface area is 182 Å². The van der Waals surface area contributed by atoms with Gasteiger partial charge in [-0.1, -0.05) is 36.9 Å². The van der Waals surface area contributed by atoms with Gasteiger partial charge < -0.3 is 20.1 Å². The quantitative estimate of drug-likeness (QED) is 0.439. The van der Waals surface area contributed by atoms with Crippen LogP contribution in [-0.2, 0) is 17.6 Å². The van der Waals surface area contributed by atoms with Crippen molar-refractivity contribution in [3.63, 3.8) is 0 Å². The standard InChI is InChI=1S/C24H28N2O3S/c1-5-8-18-13-17(14-20(29-7-3)22(18)28-4)15-21-23(27)26-24(30-21)25-19-11-9-16(6-2)10-12-19/h5,9-15,24-25H,1,6-8H2,2-4H3,(H,26,27)/b21-15-/t24-/m0/s1. The number of hydrogen-bond acceptors (Lipinski definition) is 5. The second kappa shape index (κ2) is 10.3. The van der Waals surface area contributed by atoms with E-state index in [2.05, 4.69) is 36.3 Å². The molecule has 3 rings (SSSR count). The van der Waals surface area contributed by atoms with Crippen LogP contribution in [0.5, 0.6) is 11.5 Å². The molecule has 2 aromatic carbocycles. The summed E-state index contributed by atoms with van der Waals surface area (Å²) >= 11 is 1.46. The van der Waals surface area contributed by atoms with Gasteiger partial charge in [-0.15, -0.1) is 6.58 Å². The summed E-state index contributed by atoms with van der Waals surface area (Å²) in [6.45, 7) is 8.41. The van der Waals surface area contributed by atoms with E-state index in [1.54, 1.807) is 7.11 Å². The van der Waals surface area contributed by atoms with Crippen LogP contribution in [0.1, 0.15) is 30.5 Å². The van der Waals surface area contributed by atoms with Crippen LogP contribution in [0.25, 0.3) is 6.08 Å². The van der Waals surface area contributed by atoms with Gasteiger partial charge in [0, 0.05) is 11.3 Å². The second-order valence-corrected chi connectivity index (χ2v) is 7.96. The van der Waals surface area contributed by atoms with Gasteiger partial charge in [0.1, 0.15) is 0 Å². The predicted octanol–water partition coefficient (Wildman–Crippen LogP) is 4.98. The highest BCUT2D eigenvalue weighted by Gasteiger charge is 2.27. The van der Waals surface area contributed by atoms with Crippen LogP contribution in [0, 0.1) is 0 Å². The lowest BCUT2D eigenvalue weighted by atomic mass is 10.0. The summed E-state index contributed by atoms with van der Waals surface area (Å²) in [6.07, 6.45) is 5.36. The van der Waals surface area contributed by atoms with Gasteiger partial charge in [-0.25, -0.2) is 0 Å². The van der Waals surface area contributed by atoms with Crippen LogP contribution in [0.4, 0.5) is 5.69 Å². The molecule has 1 amide bonds. The lowest BCUT2D eigenvalue weighted by molar-refractivity contribution is -0.116. The molecule has 1 saturated heterocycles. The van der Waals surface area contributed by atoms with Crippen molar-refractivity contribution in [2.75, 3.05) is 19.0 Å². The summed E-state index contributed by atoms with van der Waals surface area (Å²) in [5.74, 6) is 1.28. The monoisotopic (exact) mass is 424 g/mol. The molecule has 1 heterocycles. The lowest BCUT2D eigenvalue weighted by Crippen LogP contribution is -2.30. The minimum atomic E-state index is -0.214. The highest BCUT2D eigenvalue weighted by atomic mass is 32.2. The van der Waals surface area contributed by atoms with Crippen LogP contribution in [-0.4, -0.2) is 25.1 Å². The van der Waals surface area contributed by atoms with Crippen LogP contribution in [0.3, 0.4) is 0 Å². The number of hydrogen-bond donors (Lipinski definition) is 2. The number of allylic oxidation sites excluding steroid dienone is 1. The average molecular weight is 425 g/mol. The zero-order chi connectivity index (χ0) is 21.5. The number of thioether (sulfide) groups is 1. The van der Waals surface area contributed by atoms with Crippen molar-refractivity contribution in [2.45, 2.75) is 32.2 Å². The maximum Gasteiger partial charge on any atom is 0.260 e. The smallest absolute Gasteiger partial charge is 0.260 e. The van der Waals surface area contributed by atoms with Crippen molar-refractivity contribution < 1.29 is 14.3 Å². The molecule has 0 saturated carbocycles. The molecule has 1 aliphatic rings. The third-order valence-corrected chi connectivity index (χ3v) is 5.74. The molecule has 0 bridgehead atoms. The number of carbonyl (C=O) groups excluding carboxylic acids is 1. The number of ether oxygens (including phenoxy) is 2. The lowest BCUT2D eigenvalue weighted by Gasteiger charge is -2.14. The normalized spacial score (nSPS) is 17.0. The molecule has 1 aliphatic heterocycles. The van der Waals surface area contributed by atoms with E-state index >= 15 is 0 Å². The Hall–Kier alpha value is -2.86. The number of anilines is 1. The van der Waals surface area contributed by atoms with E-state index in [-0.39, 0.29) is 11.4 Å². The van der Waals surface area contributed by atoms with E-state index in [4.69, 9.17) is 9.47 Å². The first-order valence-electron chi connectivity index (χ1n) is 10.1. The third kappa shape index (κ3) is 5.19. The van der Waals surface area contributed by atoms with Crippen molar-refractivity contribution in [3.05, 3.63) is 70.6 Å². The summed E-state index contributed by atoms with van der Waals surface area (Å²) in [5.41, 5.74) is 3.90. The Balaban J connectivity index is 1.81.